The SMILES string of the molecule is CCCCOCCOP(=O)(OCCOCCCC)OP(=O)(O)O. The normalized spacial score (nSPS) is 12.7. The smallest absolute Gasteiger partial charge is 0.379 e. The number of phosphoric acid groups is 2. The standard InChI is InChI=1S/C12H28O9P2/c1-3-5-7-17-9-11-19-23(16,21-22(13,14)15)20-12-10-18-8-6-4-2/h3-12H2,1-2H3,(H2,13,14,15). The average Bonchev–Trinajstić information content (AvgIpc) is 2.44. The van der Waals surface area contributed by atoms with Crippen LogP contribution in [-0.4, -0.2) is 49.4 Å². The molecule has 9 nitrogen and oxygen atoms in total. The molecular formula is C12H28O9P2. The fourth-order valence-electron chi connectivity index (χ4n) is 1.33. The van der Waals surface area contributed by atoms with E-state index in [0.29, 0.717) is 13.2 Å². The molecule has 0 aliphatic heterocycles. The van der Waals surface area contributed by atoms with E-state index in [0.717, 1.165) is 25.7 Å². The van der Waals surface area contributed by atoms with E-state index in [9.17, 15) is 9.13 Å². The van der Waals surface area contributed by atoms with Crippen LogP contribution in [-0.2, 0) is 32.0 Å². The second kappa shape index (κ2) is 13.5. The lowest BCUT2D eigenvalue weighted by Gasteiger charge is -2.18. The zero-order chi connectivity index (χ0) is 17.6. The first-order chi connectivity index (χ1) is 10.8. The Morgan fingerprint density at radius 3 is 1.52 bits per heavy atom. The highest BCUT2D eigenvalue weighted by Crippen LogP contribution is 2.60. The van der Waals surface area contributed by atoms with Crippen molar-refractivity contribution in [2.45, 2.75) is 39.5 Å². The van der Waals surface area contributed by atoms with Crippen LogP contribution in [0.2, 0.25) is 0 Å². The van der Waals surface area contributed by atoms with Crippen LogP contribution in [0.1, 0.15) is 39.5 Å². The van der Waals surface area contributed by atoms with Gasteiger partial charge in [-0.15, -0.1) is 0 Å². The monoisotopic (exact) mass is 378 g/mol. The molecule has 0 amide bonds. The highest BCUT2D eigenvalue weighted by Gasteiger charge is 2.35. The Hall–Kier alpha value is 0.180. The van der Waals surface area contributed by atoms with Crippen molar-refractivity contribution in [3.05, 3.63) is 0 Å². The number of ether oxygens (including phenoxy) is 2. The van der Waals surface area contributed by atoms with Crippen LogP contribution < -0.4 is 0 Å². The van der Waals surface area contributed by atoms with Gasteiger partial charge in [0.15, 0.2) is 0 Å². The molecule has 0 aromatic rings. The van der Waals surface area contributed by atoms with E-state index in [4.69, 9.17) is 28.3 Å². The molecule has 2 N–H and O–H groups in total. The van der Waals surface area contributed by atoms with Gasteiger partial charge in [0, 0.05) is 13.2 Å². The predicted octanol–water partition coefficient (Wildman–Crippen LogP) is 2.87. The first kappa shape index (κ1) is 23.2. The topological polar surface area (TPSA) is 121 Å². The molecule has 0 spiro atoms. The van der Waals surface area contributed by atoms with Gasteiger partial charge >= 0.3 is 15.6 Å². The summed E-state index contributed by atoms with van der Waals surface area (Å²) in [6.45, 7) is 4.97. The molecule has 11 heteroatoms. The maximum atomic E-state index is 12.1. The average molecular weight is 378 g/mol. The van der Waals surface area contributed by atoms with E-state index in [1.54, 1.807) is 0 Å². The summed E-state index contributed by atoms with van der Waals surface area (Å²) in [6, 6.07) is 0. The molecule has 0 bridgehead atoms. The summed E-state index contributed by atoms with van der Waals surface area (Å²) in [6.07, 6.45) is 3.70. The van der Waals surface area contributed by atoms with Crippen molar-refractivity contribution in [2.24, 2.45) is 0 Å². The molecule has 0 aromatic carbocycles. The number of hydrogen-bond donors (Lipinski definition) is 2. The van der Waals surface area contributed by atoms with Gasteiger partial charge in [0.05, 0.1) is 26.4 Å². The fraction of sp³-hybridized carbons (Fsp3) is 1.00. The maximum Gasteiger partial charge on any atom is 0.483 e. The summed E-state index contributed by atoms with van der Waals surface area (Å²) < 4.78 is 47.2. The Bertz CT molecular complexity index is 352. The molecule has 0 aromatic heterocycles. The van der Waals surface area contributed by atoms with Gasteiger partial charge < -0.3 is 19.3 Å². The van der Waals surface area contributed by atoms with Gasteiger partial charge in [-0.25, -0.2) is 9.13 Å². The second-order valence-electron chi connectivity index (χ2n) is 4.62. The summed E-state index contributed by atoms with van der Waals surface area (Å²) in [5, 5.41) is 0. The van der Waals surface area contributed by atoms with E-state index >= 15 is 0 Å². The summed E-state index contributed by atoms with van der Waals surface area (Å²) in [5.41, 5.74) is 0. The van der Waals surface area contributed by atoms with Gasteiger partial charge in [0.2, 0.25) is 0 Å². The van der Waals surface area contributed by atoms with E-state index in [1.807, 2.05) is 13.8 Å². The van der Waals surface area contributed by atoms with Crippen LogP contribution in [0.4, 0.5) is 0 Å². The van der Waals surface area contributed by atoms with E-state index in [1.165, 1.54) is 0 Å². The van der Waals surface area contributed by atoms with Gasteiger partial charge in [-0.1, -0.05) is 26.7 Å². The summed E-state index contributed by atoms with van der Waals surface area (Å²) in [5.74, 6) is 0. The highest BCUT2D eigenvalue weighted by molar-refractivity contribution is 7.61. The Labute approximate surface area is 137 Å². The molecule has 0 radical (unpaired) electrons. The highest BCUT2D eigenvalue weighted by atomic mass is 31.3. The van der Waals surface area contributed by atoms with E-state index in [-0.39, 0.29) is 26.4 Å². The zero-order valence-electron chi connectivity index (χ0n) is 13.7. The van der Waals surface area contributed by atoms with Gasteiger partial charge in [-0.3, -0.25) is 9.05 Å². The van der Waals surface area contributed by atoms with Crippen LogP contribution in [0.25, 0.3) is 0 Å². The number of unbranched alkanes of at least 4 members (excludes halogenated alkanes) is 2. The Morgan fingerprint density at radius 2 is 1.17 bits per heavy atom. The van der Waals surface area contributed by atoms with E-state index in [2.05, 4.69) is 4.31 Å². The summed E-state index contributed by atoms with van der Waals surface area (Å²) >= 11 is 0. The van der Waals surface area contributed by atoms with Crippen LogP contribution in [0.5, 0.6) is 0 Å². The minimum absolute atomic E-state index is 0.116. The fourth-order valence-corrected chi connectivity index (χ4v) is 3.42. The number of hydrogen-bond acceptors (Lipinski definition) is 7. The third-order valence-corrected chi connectivity index (χ3v) is 5.09. The largest absolute Gasteiger partial charge is 0.483 e. The number of phosphoric ester groups is 1. The molecule has 0 saturated carbocycles. The van der Waals surface area contributed by atoms with Gasteiger partial charge in [0.25, 0.3) is 0 Å². The Kier molecular flexibility index (Phi) is 13.6. The van der Waals surface area contributed by atoms with Crippen molar-refractivity contribution in [2.75, 3.05) is 39.6 Å². The Morgan fingerprint density at radius 1 is 0.739 bits per heavy atom. The molecule has 0 aliphatic carbocycles. The van der Waals surface area contributed by atoms with E-state index < -0.39 is 15.6 Å². The maximum absolute atomic E-state index is 12.1. The minimum Gasteiger partial charge on any atom is -0.379 e. The van der Waals surface area contributed by atoms with Crippen molar-refractivity contribution in [3.8, 4) is 0 Å². The minimum atomic E-state index is -5.01. The van der Waals surface area contributed by atoms with Crippen molar-refractivity contribution < 1.29 is 41.7 Å². The molecule has 0 heterocycles. The molecular weight excluding hydrogens is 350 g/mol. The Balaban J connectivity index is 4.15. The lowest BCUT2D eigenvalue weighted by atomic mass is 10.4. The third kappa shape index (κ3) is 15.4. The first-order valence-electron chi connectivity index (χ1n) is 7.64. The molecule has 0 saturated heterocycles. The van der Waals surface area contributed by atoms with Crippen LogP contribution in [0, 0.1) is 0 Å². The van der Waals surface area contributed by atoms with Crippen LogP contribution in [0.3, 0.4) is 0 Å². The number of rotatable bonds is 16. The predicted molar refractivity (Wildman–Crippen MR) is 84.1 cm³/mol. The molecule has 0 aliphatic rings. The van der Waals surface area contributed by atoms with Crippen molar-refractivity contribution in [3.63, 3.8) is 0 Å². The second-order valence-corrected chi connectivity index (χ2v) is 7.66. The van der Waals surface area contributed by atoms with Crippen LogP contribution in [0.15, 0.2) is 0 Å². The van der Waals surface area contributed by atoms with Crippen LogP contribution >= 0.6 is 15.6 Å². The van der Waals surface area contributed by atoms with Gasteiger partial charge in [0.1, 0.15) is 0 Å². The molecule has 0 fully saturated rings. The molecule has 140 valence electrons. The summed E-state index contributed by atoms with van der Waals surface area (Å²) in [4.78, 5) is 17.6. The quantitative estimate of drug-likeness (QED) is 0.308. The molecule has 23 heavy (non-hydrogen) atoms. The third-order valence-electron chi connectivity index (χ3n) is 2.44. The lowest BCUT2D eigenvalue weighted by molar-refractivity contribution is 0.0560. The van der Waals surface area contributed by atoms with Crippen molar-refractivity contribution >= 4 is 15.6 Å². The molecule has 0 atom stereocenters. The summed E-state index contributed by atoms with van der Waals surface area (Å²) in [7, 11) is -9.39. The van der Waals surface area contributed by atoms with Crippen molar-refractivity contribution in [1.29, 1.82) is 0 Å². The van der Waals surface area contributed by atoms with Gasteiger partial charge in [-0.2, -0.15) is 4.31 Å². The molecule has 0 rings (SSSR count). The van der Waals surface area contributed by atoms with Gasteiger partial charge in [-0.05, 0) is 12.8 Å². The first-order valence-corrected chi connectivity index (χ1v) is 10.6. The van der Waals surface area contributed by atoms with Crippen molar-refractivity contribution in [1.82, 2.24) is 0 Å². The lowest BCUT2D eigenvalue weighted by Crippen LogP contribution is -2.09. The zero-order valence-corrected chi connectivity index (χ0v) is 15.5. The molecule has 0 unspecified atom stereocenters.